The fourth-order valence-electron chi connectivity index (χ4n) is 3.46. The number of rotatable bonds is 7. The number of H-pyrrole nitrogens is 1. The van der Waals surface area contributed by atoms with E-state index in [1.54, 1.807) is 7.11 Å². The van der Waals surface area contributed by atoms with E-state index in [2.05, 4.69) is 20.4 Å². The lowest BCUT2D eigenvalue weighted by Crippen LogP contribution is -2.47. The molecule has 1 aromatic carbocycles. The van der Waals surface area contributed by atoms with Gasteiger partial charge in [-0.3, -0.25) is 10.00 Å². The molecule has 4 rings (SSSR count). The van der Waals surface area contributed by atoms with Crippen molar-refractivity contribution in [1.29, 1.82) is 0 Å². The van der Waals surface area contributed by atoms with Crippen molar-refractivity contribution in [2.45, 2.75) is 31.5 Å². The molecule has 2 aliphatic rings. The van der Waals surface area contributed by atoms with E-state index in [1.807, 2.05) is 30.5 Å². The first-order valence-corrected chi connectivity index (χ1v) is 9.06. The van der Waals surface area contributed by atoms with Gasteiger partial charge in [0.25, 0.3) is 0 Å². The number of nitrogens with zero attached hydrogens (tertiary/aromatic N) is 2. The van der Waals surface area contributed by atoms with Crippen LogP contribution in [0.15, 0.2) is 30.5 Å². The molecule has 0 spiro atoms. The monoisotopic (exact) mass is 342 g/mol. The van der Waals surface area contributed by atoms with E-state index in [4.69, 9.17) is 9.47 Å². The average molecular weight is 342 g/mol. The van der Waals surface area contributed by atoms with Crippen molar-refractivity contribution in [3.05, 3.63) is 36.0 Å². The van der Waals surface area contributed by atoms with Gasteiger partial charge >= 0.3 is 0 Å². The summed E-state index contributed by atoms with van der Waals surface area (Å²) in [5, 5.41) is 10.9. The number of aromatic nitrogens is 2. The van der Waals surface area contributed by atoms with E-state index in [0.29, 0.717) is 0 Å². The lowest BCUT2D eigenvalue weighted by Gasteiger charge is -2.33. The molecule has 0 bridgehead atoms. The van der Waals surface area contributed by atoms with Gasteiger partial charge in [0.2, 0.25) is 0 Å². The molecule has 1 saturated carbocycles. The van der Waals surface area contributed by atoms with Crippen LogP contribution in [0.5, 0.6) is 5.75 Å². The second kappa shape index (κ2) is 7.56. The van der Waals surface area contributed by atoms with E-state index < -0.39 is 0 Å². The summed E-state index contributed by atoms with van der Waals surface area (Å²) < 4.78 is 11.1. The Bertz CT molecular complexity index is 681. The summed E-state index contributed by atoms with van der Waals surface area (Å²) in [5.74, 6) is 0.859. The lowest BCUT2D eigenvalue weighted by molar-refractivity contribution is -0.0301. The fraction of sp³-hybridized carbons (Fsp3) is 0.526. The first-order chi connectivity index (χ1) is 12.3. The topological polar surface area (TPSA) is 62.4 Å². The van der Waals surface area contributed by atoms with Crippen molar-refractivity contribution in [3.8, 4) is 17.0 Å². The Morgan fingerprint density at radius 3 is 2.92 bits per heavy atom. The Hall–Kier alpha value is -1.89. The van der Waals surface area contributed by atoms with Gasteiger partial charge in [0.05, 0.1) is 31.7 Å². The van der Waals surface area contributed by atoms with Gasteiger partial charge in [-0.2, -0.15) is 5.10 Å². The van der Waals surface area contributed by atoms with Crippen molar-refractivity contribution in [2.24, 2.45) is 0 Å². The van der Waals surface area contributed by atoms with Gasteiger partial charge in [-0.05, 0) is 37.1 Å². The highest BCUT2D eigenvalue weighted by molar-refractivity contribution is 5.63. The summed E-state index contributed by atoms with van der Waals surface area (Å²) in [5.41, 5.74) is 3.34. The Balaban J connectivity index is 1.31. The van der Waals surface area contributed by atoms with Gasteiger partial charge in [0.1, 0.15) is 5.75 Å². The smallest absolute Gasteiger partial charge is 0.118 e. The molecule has 0 radical (unpaired) electrons. The molecule has 25 heavy (non-hydrogen) atoms. The highest BCUT2D eigenvalue weighted by Crippen LogP contribution is 2.28. The SMILES string of the molecule is COc1ccc(-c2[nH]ncc2CNCC2CN(C3CC3)CCO2)cc1. The maximum atomic E-state index is 5.90. The van der Waals surface area contributed by atoms with Crippen molar-refractivity contribution >= 4 is 0 Å². The van der Waals surface area contributed by atoms with E-state index in [1.165, 1.54) is 18.4 Å². The molecule has 6 heteroatoms. The first-order valence-electron chi connectivity index (χ1n) is 9.06. The highest BCUT2D eigenvalue weighted by atomic mass is 16.5. The van der Waals surface area contributed by atoms with Crippen molar-refractivity contribution in [3.63, 3.8) is 0 Å². The third-order valence-corrected chi connectivity index (χ3v) is 5.02. The molecule has 1 saturated heterocycles. The predicted molar refractivity (Wildman–Crippen MR) is 96.6 cm³/mol. The first kappa shape index (κ1) is 16.6. The van der Waals surface area contributed by atoms with Gasteiger partial charge in [0.15, 0.2) is 0 Å². The van der Waals surface area contributed by atoms with Crippen molar-refractivity contribution < 1.29 is 9.47 Å². The number of benzene rings is 1. The van der Waals surface area contributed by atoms with E-state index in [9.17, 15) is 0 Å². The summed E-state index contributed by atoms with van der Waals surface area (Å²) in [7, 11) is 1.68. The predicted octanol–water partition coefficient (Wildman–Crippen LogP) is 2.04. The maximum absolute atomic E-state index is 5.90. The third-order valence-electron chi connectivity index (χ3n) is 5.02. The molecule has 1 unspecified atom stereocenters. The van der Waals surface area contributed by atoms with Gasteiger partial charge in [-0.1, -0.05) is 0 Å². The summed E-state index contributed by atoms with van der Waals surface area (Å²) in [6.07, 6.45) is 4.90. The summed E-state index contributed by atoms with van der Waals surface area (Å²) in [6.45, 7) is 4.64. The van der Waals surface area contributed by atoms with E-state index >= 15 is 0 Å². The number of ether oxygens (including phenoxy) is 2. The fourth-order valence-corrected chi connectivity index (χ4v) is 3.46. The minimum Gasteiger partial charge on any atom is -0.497 e. The Morgan fingerprint density at radius 2 is 2.16 bits per heavy atom. The zero-order chi connectivity index (χ0) is 17.1. The van der Waals surface area contributed by atoms with Crippen LogP contribution in [0.1, 0.15) is 18.4 Å². The molecular formula is C19H26N4O2. The molecule has 2 fully saturated rings. The van der Waals surface area contributed by atoms with E-state index in [-0.39, 0.29) is 6.10 Å². The molecule has 134 valence electrons. The summed E-state index contributed by atoms with van der Waals surface area (Å²) in [4.78, 5) is 2.58. The minimum atomic E-state index is 0.283. The normalized spacial score (nSPS) is 21.4. The molecule has 1 aliphatic carbocycles. The second-order valence-corrected chi connectivity index (χ2v) is 6.85. The summed E-state index contributed by atoms with van der Waals surface area (Å²) in [6, 6.07) is 8.86. The third kappa shape index (κ3) is 4.03. The van der Waals surface area contributed by atoms with Crippen LogP contribution in [-0.2, 0) is 11.3 Å². The van der Waals surface area contributed by atoms with Crippen LogP contribution in [0.3, 0.4) is 0 Å². The van der Waals surface area contributed by atoms with Crippen molar-refractivity contribution in [2.75, 3.05) is 33.4 Å². The lowest BCUT2D eigenvalue weighted by atomic mass is 10.1. The zero-order valence-electron chi connectivity index (χ0n) is 14.7. The molecule has 6 nitrogen and oxygen atoms in total. The largest absolute Gasteiger partial charge is 0.497 e. The van der Waals surface area contributed by atoms with E-state index in [0.717, 1.165) is 55.8 Å². The van der Waals surface area contributed by atoms with Crippen molar-refractivity contribution in [1.82, 2.24) is 20.4 Å². The number of hydrogen-bond donors (Lipinski definition) is 2. The van der Waals surface area contributed by atoms with Gasteiger partial charge in [-0.15, -0.1) is 0 Å². The highest BCUT2D eigenvalue weighted by Gasteiger charge is 2.32. The maximum Gasteiger partial charge on any atom is 0.118 e. The van der Waals surface area contributed by atoms with Gasteiger partial charge in [-0.25, -0.2) is 0 Å². The molecule has 2 aromatic rings. The van der Waals surface area contributed by atoms with Gasteiger partial charge < -0.3 is 14.8 Å². The molecule has 2 N–H and O–H groups in total. The molecule has 1 atom stereocenters. The quantitative estimate of drug-likeness (QED) is 0.806. The molecule has 0 amide bonds. The number of methoxy groups -OCH3 is 1. The van der Waals surface area contributed by atoms with Gasteiger partial charge in [0, 0.05) is 43.3 Å². The number of aromatic amines is 1. The number of nitrogens with one attached hydrogen (secondary N) is 2. The van der Waals surface area contributed by atoms with Crippen LogP contribution in [0.25, 0.3) is 11.3 Å². The van der Waals surface area contributed by atoms with Crippen LogP contribution >= 0.6 is 0 Å². The summed E-state index contributed by atoms with van der Waals surface area (Å²) >= 11 is 0. The molecule has 1 aromatic heterocycles. The van der Waals surface area contributed by atoms with Crippen LogP contribution < -0.4 is 10.1 Å². The second-order valence-electron chi connectivity index (χ2n) is 6.85. The standard InChI is InChI=1S/C19H26N4O2/c1-24-17-6-2-14(3-7-17)19-15(11-21-22-19)10-20-12-18-13-23(8-9-25-18)16-4-5-16/h2-3,6-7,11,16,18,20H,4-5,8-10,12-13H2,1H3,(H,21,22). The zero-order valence-corrected chi connectivity index (χ0v) is 14.7. The Kier molecular flexibility index (Phi) is 5.01. The minimum absolute atomic E-state index is 0.283. The molecular weight excluding hydrogens is 316 g/mol. The Labute approximate surface area is 148 Å². The average Bonchev–Trinajstić information content (AvgIpc) is 3.41. The number of hydrogen-bond acceptors (Lipinski definition) is 5. The van der Waals surface area contributed by atoms with Crippen LogP contribution in [0.2, 0.25) is 0 Å². The molecule has 2 heterocycles. The van der Waals surface area contributed by atoms with Crippen LogP contribution in [-0.4, -0.2) is 60.6 Å². The van der Waals surface area contributed by atoms with Crippen LogP contribution in [0.4, 0.5) is 0 Å². The van der Waals surface area contributed by atoms with Crippen LogP contribution in [0, 0.1) is 0 Å². The Morgan fingerprint density at radius 1 is 1.32 bits per heavy atom. The number of morpholine rings is 1. The molecule has 1 aliphatic heterocycles.